The molecule has 0 amide bonds. The number of carboxylic acid groups (broad SMARTS) is 1. The lowest BCUT2D eigenvalue weighted by Crippen LogP contribution is -2.30. The number of aryl methyl sites for hydroxylation is 1. The van der Waals surface area contributed by atoms with E-state index in [2.05, 4.69) is 9.97 Å². The standard InChI is InChI=1S/C28H26F2N6O6/c1-35-10-8-33-26(35)16-3-2-4-17(11-16)41-27-22(29)24(40-18-7-9-36(13-18)14-21(38)39)23(30)28(34-27)42-20-12-15(25(31)32)5-6-19(20)37/h2-6,8,10-12,18,37H,7,9,13-14H2,1H3,(H3,31,32)(H,38,39). The number of aromatic nitrogens is 3. The smallest absolute Gasteiger partial charge is 0.317 e. The van der Waals surface area contributed by atoms with Gasteiger partial charge in [-0.2, -0.15) is 13.8 Å². The van der Waals surface area contributed by atoms with Crippen molar-refractivity contribution < 1.29 is 38.0 Å². The molecular formula is C28H26F2N6O6. The highest BCUT2D eigenvalue weighted by molar-refractivity contribution is 5.95. The number of hydrogen-bond acceptors (Lipinski definition) is 9. The average Bonchev–Trinajstić information content (AvgIpc) is 3.58. The van der Waals surface area contributed by atoms with Crippen LogP contribution in [0.2, 0.25) is 0 Å². The van der Waals surface area contributed by atoms with Crippen molar-refractivity contribution in [2.24, 2.45) is 12.8 Å². The van der Waals surface area contributed by atoms with Gasteiger partial charge < -0.3 is 34.7 Å². The van der Waals surface area contributed by atoms with Crippen molar-refractivity contribution in [2.45, 2.75) is 12.5 Å². The number of likely N-dealkylation sites (tertiary alicyclic amines) is 1. The van der Waals surface area contributed by atoms with Gasteiger partial charge in [-0.3, -0.25) is 15.1 Å². The zero-order valence-corrected chi connectivity index (χ0v) is 22.3. The van der Waals surface area contributed by atoms with Crippen molar-refractivity contribution in [2.75, 3.05) is 19.6 Å². The molecule has 2 aromatic heterocycles. The number of carbonyl (C=O) groups is 1. The minimum atomic E-state index is -1.31. The van der Waals surface area contributed by atoms with Gasteiger partial charge in [-0.15, -0.1) is 0 Å². The molecule has 2 aromatic carbocycles. The lowest BCUT2D eigenvalue weighted by atomic mass is 10.2. The summed E-state index contributed by atoms with van der Waals surface area (Å²) in [4.78, 5) is 20.8. The zero-order valence-electron chi connectivity index (χ0n) is 22.3. The first kappa shape index (κ1) is 28.3. The van der Waals surface area contributed by atoms with E-state index >= 15 is 8.78 Å². The summed E-state index contributed by atoms with van der Waals surface area (Å²) in [5.41, 5.74) is 6.35. The molecule has 218 valence electrons. The molecule has 12 nitrogen and oxygen atoms in total. The molecule has 0 bridgehead atoms. The molecule has 3 heterocycles. The highest BCUT2D eigenvalue weighted by Crippen LogP contribution is 2.40. The second kappa shape index (κ2) is 11.7. The van der Waals surface area contributed by atoms with Crippen LogP contribution in [0.5, 0.6) is 34.8 Å². The van der Waals surface area contributed by atoms with Crippen LogP contribution >= 0.6 is 0 Å². The predicted molar refractivity (Wildman–Crippen MR) is 145 cm³/mol. The molecule has 1 unspecified atom stereocenters. The van der Waals surface area contributed by atoms with Gasteiger partial charge >= 0.3 is 5.97 Å². The van der Waals surface area contributed by atoms with Crippen LogP contribution < -0.4 is 19.9 Å². The summed E-state index contributed by atoms with van der Waals surface area (Å²) in [7, 11) is 1.81. The Labute approximate surface area is 238 Å². The Hall–Kier alpha value is -5.24. The lowest BCUT2D eigenvalue weighted by Gasteiger charge is -2.19. The van der Waals surface area contributed by atoms with Gasteiger partial charge in [-0.25, -0.2) is 4.98 Å². The van der Waals surface area contributed by atoms with E-state index in [1.165, 1.54) is 18.2 Å². The van der Waals surface area contributed by atoms with E-state index in [1.807, 2.05) is 0 Å². The second-order valence-corrected chi connectivity index (χ2v) is 9.53. The number of nitrogens with zero attached hydrogens (tertiary/aromatic N) is 4. The number of phenols is 1. The van der Waals surface area contributed by atoms with Crippen LogP contribution in [-0.4, -0.2) is 67.2 Å². The molecule has 0 radical (unpaired) electrons. The minimum absolute atomic E-state index is 0.118. The molecule has 1 fully saturated rings. The van der Waals surface area contributed by atoms with Crippen LogP contribution in [0.25, 0.3) is 11.4 Å². The number of aliphatic carboxylic acids is 1. The molecule has 1 atom stereocenters. The Balaban J connectivity index is 1.52. The second-order valence-electron chi connectivity index (χ2n) is 9.53. The van der Waals surface area contributed by atoms with Gasteiger partial charge in [0.25, 0.3) is 11.8 Å². The molecular weight excluding hydrogens is 554 g/mol. The summed E-state index contributed by atoms with van der Waals surface area (Å²) < 4.78 is 50.2. The van der Waals surface area contributed by atoms with E-state index in [1.54, 1.807) is 53.2 Å². The Morgan fingerprint density at radius 1 is 1.17 bits per heavy atom. The number of aromatic hydroxyl groups is 1. The number of nitrogen functional groups attached to an aromatic ring is 1. The molecule has 5 N–H and O–H groups in total. The summed E-state index contributed by atoms with van der Waals surface area (Å²) in [5.74, 6) is -6.19. The number of rotatable bonds is 10. The SMILES string of the molecule is Cn1ccnc1-c1cccc(Oc2nc(Oc3cc(C(=N)N)ccc3O)c(F)c(OC3CCN(CC(=O)O)C3)c2F)c1. The van der Waals surface area contributed by atoms with E-state index in [9.17, 15) is 9.90 Å². The quantitative estimate of drug-likeness (QED) is 0.160. The maximum absolute atomic E-state index is 15.8. The number of ether oxygens (including phenoxy) is 3. The van der Waals surface area contributed by atoms with Gasteiger partial charge in [0.1, 0.15) is 23.5 Å². The minimum Gasteiger partial charge on any atom is -0.504 e. The molecule has 0 aliphatic carbocycles. The number of phenolic OH excluding ortho intramolecular Hbond substituents is 1. The third-order valence-corrected chi connectivity index (χ3v) is 6.46. The molecule has 0 saturated carbocycles. The van der Waals surface area contributed by atoms with Crippen LogP contribution in [0.15, 0.2) is 54.9 Å². The van der Waals surface area contributed by atoms with Gasteiger partial charge in [0.2, 0.25) is 17.4 Å². The van der Waals surface area contributed by atoms with Crippen LogP contribution in [0.4, 0.5) is 8.78 Å². The van der Waals surface area contributed by atoms with Crippen molar-refractivity contribution in [3.8, 4) is 46.1 Å². The number of pyridine rings is 1. The molecule has 5 rings (SSSR count). The normalized spacial score (nSPS) is 15.0. The van der Waals surface area contributed by atoms with E-state index in [-0.39, 0.29) is 36.0 Å². The van der Waals surface area contributed by atoms with Crippen molar-refractivity contribution >= 4 is 11.8 Å². The maximum Gasteiger partial charge on any atom is 0.317 e. The Morgan fingerprint density at radius 3 is 2.62 bits per heavy atom. The molecule has 42 heavy (non-hydrogen) atoms. The predicted octanol–water partition coefficient (Wildman–Crippen LogP) is 3.87. The first-order valence-electron chi connectivity index (χ1n) is 12.7. The Kier molecular flexibility index (Phi) is 7.88. The van der Waals surface area contributed by atoms with Crippen LogP contribution in [0, 0.1) is 17.0 Å². The fourth-order valence-electron chi connectivity index (χ4n) is 4.44. The number of nitrogens with one attached hydrogen (secondary N) is 1. The largest absolute Gasteiger partial charge is 0.504 e. The van der Waals surface area contributed by atoms with E-state index in [4.69, 9.17) is 30.5 Å². The van der Waals surface area contributed by atoms with Crippen LogP contribution in [-0.2, 0) is 11.8 Å². The third-order valence-electron chi connectivity index (χ3n) is 6.46. The van der Waals surface area contributed by atoms with Crippen molar-refractivity contribution in [1.82, 2.24) is 19.4 Å². The number of nitrogens with two attached hydrogens (primary N) is 1. The summed E-state index contributed by atoms with van der Waals surface area (Å²) in [5, 5.41) is 27.0. The van der Waals surface area contributed by atoms with Crippen molar-refractivity contribution in [1.29, 1.82) is 5.41 Å². The van der Waals surface area contributed by atoms with E-state index in [0.29, 0.717) is 24.4 Å². The van der Waals surface area contributed by atoms with Gasteiger partial charge in [0.05, 0.1) is 6.54 Å². The number of halogens is 2. The summed E-state index contributed by atoms with van der Waals surface area (Å²) in [6, 6.07) is 10.3. The summed E-state index contributed by atoms with van der Waals surface area (Å²) in [6.07, 6.45) is 2.95. The average molecular weight is 581 g/mol. The van der Waals surface area contributed by atoms with E-state index in [0.717, 1.165) is 0 Å². The summed E-state index contributed by atoms with van der Waals surface area (Å²) in [6.45, 7) is 0.221. The van der Waals surface area contributed by atoms with Gasteiger partial charge in [0, 0.05) is 43.7 Å². The fraction of sp³-hybridized carbons (Fsp3) is 0.214. The van der Waals surface area contributed by atoms with Crippen LogP contribution in [0.3, 0.4) is 0 Å². The molecule has 1 aliphatic rings. The molecule has 14 heteroatoms. The zero-order chi connectivity index (χ0) is 30.0. The number of imidazole rings is 1. The topological polar surface area (TPSA) is 169 Å². The van der Waals surface area contributed by atoms with Gasteiger partial charge in [-0.05, 0) is 36.8 Å². The number of hydrogen-bond donors (Lipinski definition) is 4. The monoisotopic (exact) mass is 580 g/mol. The Bertz CT molecular complexity index is 1660. The molecule has 0 spiro atoms. The first-order valence-corrected chi connectivity index (χ1v) is 12.7. The maximum atomic E-state index is 15.8. The third kappa shape index (κ3) is 6.07. The van der Waals surface area contributed by atoms with Crippen LogP contribution in [0.1, 0.15) is 12.0 Å². The van der Waals surface area contributed by atoms with E-state index < -0.39 is 47.0 Å². The van der Waals surface area contributed by atoms with Gasteiger partial charge in [0.15, 0.2) is 11.5 Å². The highest BCUT2D eigenvalue weighted by atomic mass is 19.1. The van der Waals surface area contributed by atoms with Crippen molar-refractivity contribution in [3.63, 3.8) is 0 Å². The number of amidine groups is 1. The highest BCUT2D eigenvalue weighted by Gasteiger charge is 2.31. The fourth-order valence-corrected chi connectivity index (χ4v) is 4.44. The molecule has 4 aromatic rings. The Morgan fingerprint density at radius 2 is 1.93 bits per heavy atom. The van der Waals surface area contributed by atoms with Crippen molar-refractivity contribution in [3.05, 3.63) is 72.1 Å². The van der Waals surface area contributed by atoms with Gasteiger partial charge in [-0.1, -0.05) is 12.1 Å². The number of carboxylic acids is 1. The first-order chi connectivity index (χ1) is 20.1. The summed E-state index contributed by atoms with van der Waals surface area (Å²) >= 11 is 0. The molecule has 1 saturated heterocycles. The number of benzene rings is 2. The molecule has 1 aliphatic heterocycles. The lowest BCUT2D eigenvalue weighted by molar-refractivity contribution is -0.138.